The van der Waals surface area contributed by atoms with Crippen LogP contribution in [0.2, 0.25) is 0 Å². The van der Waals surface area contributed by atoms with E-state index in [0.717, 1.165) is 42.8 Å². The number of guanidine groups is 1. The molecular weight excluding hydrogens is 423 g/mol. The molecule has 0 aliphatic carbocycles. The molecule has 0 aliphatic rings. The fraction of sp³-hybridized carbons (Fsp3) is 0.750. The summed E-state index contributed by atoms with van der Waals surface area (Å²) in [5.74, 6) is 1.88. The minimum absolute atomic E-state index is 0. The van der Waals surface area contributed by atoms with Crippen molar-refractivity contribution in [3.8, 4) is 0 Å². The maximum absolute atomic E-state index is 5.56. The summed E-state index contributed by atoms with van der Waals surface area (Å²) in [6.45, 7) is 11.8. The van der Waals surface area contributed by atoms with Crippen molar-refractivity contribution in [1.82, 2.24) is 15.6 Å². The normalized spacial score (nSPS) is 11.7. The van der Waals surface area contributed by atoms with Gasteiger partial charge in [0, 0.05) is 32.2 Å². The summed E-state index contributed by atoms with van der Waals surface area (Å²) in [7, 11) is 1.78. The fourth-order valence-corrected chi connectivity index (χ4v) is 2.65. The Balaban J connectivity index is 0.00000484. The van der Waals surface area contributed by atoms with Crippen LogP contribution < -0.4 is 10.6 Å². The molecule has 0 aromatic carbocycles. The molecular formula is C16H31IN4OS. The summed E-state index contributed by atoms with van der Waals surface area (Å²) in [5.41, 5.74) is 1.16. The lowest BCUT2D eigenvalue weighted by atomic mass is 10.2. The van der Waals surface area contributed by atoms with Crippen LogP contribution in [0.3, 0.4) is 0 Å². The molecule has 1 rings (SSSR count). The number of aliphatic imine (C=N–C) groups is 1. The van der Waals surface area contributed by atoms with Gasteiger partial charge in [-0.05, 0) is 18.3 Å². The quantitative estimate of drug-likeness (QED) is 0.259. The standard InChI is InChI=1S/C16H30N4OS.HI/c1-12(2)10-21-8-6-7-18-16(17-5)19-9-15-20-14(11-22-15)13(3)4;/h11-13H,6-10H2,1-5H3,(H2,17,18,19);1H. The van der Waals surface area contributed by atoms with Crippen LogP contribution in [0.1, 0.15) is 50.7 Å². The molecule has 0 saturated carbocycles. The highest BCUT2D eigenvalue weighted by atomic mass is 127. The average molecular weight is 454 g/mol. The largest absolute Gasteiger partial charge is 0.381 e. The summed E-state index contributed by atoms with van der Waals surface area (Å²) in [4.78, 5) is 8.83. The van der Waals surface area contributed by atoms with Crippen LogP contribution in [0.5, 0.6) is 0 Å². The van der Waals surface area contributed by atoms with Crippen LogP contribution in [0.15, 0.2) is 10.4 Å². The van der Waals surface area contributed by atoms with Crippen LogP contribution in [-0.2, 0) is 11.3 Å². The summed E-state index contributed by atoms with van der Waals surface area (Å²) < 4.78 is 5.56. The molecule has 0 aliphatic heterocycles. The number of ether oxygens (including phenoxy) is 1. The van der Waals surface area contributed by atoms with Crippen molar-refractivity contribution in [1.29, 1.82) is 0 Å². The molecule has 7 heteroatoms. The Morgan fingerprint density at radius 2 is 2.04 bits per heavy atom. The highest BCUT2D eigenvalue weighted by Crippen LogP contribution is 2.17. The van der Waals surface area contributed by atoms with Gasteiger partial charge in [-0.1, -0.05) is 27.7 Å². The van der Waals surface area contributed by atoms with Gasteiger partial charge in [-0.15, -0.1) is 35.3 Å². The number of nitrogens with zero attached hydrogens (tertiary/aromatic N) is 2. The van der Waals surface area contributed by atoms with E-state index in [0.29, 0.717) is 18.4 Å². The molecule has 5 nitrogen and oxygen atoms in total. The maximum atomic E-state index is 5.56. The van der Waals surface area contributed by atoms with Crippen molar-refractivity contribution in [3.05, 3.63) is 16.1 Å². The first-order valence-corrected chi connectivity index (χ1v) is 8.87. The lowest BCUT2D eigenvalue weighted by molar-refractivity contribution is 0.108. The fourth-order valence-electron chi connectivity index (χ4n) is 1.75. The second-order valence-electron chi connectivity index (χ2n) is 6.00. The highest BCUT2D eigenvalue weighted by Gasteiger charge is 2.06. The minimum atomic E-state index is 0. The van der Waals surface area contributed by atoms with Gasteiger partial charge in [0.15, 0.2) is 5.96 Å². The molecule has 0 saturated heterocycles. The van der Waals surface area contributed by atoms with Gasteiger partial charge in [0.1, 0.15) is 5.01 Å². The molecule has 0 fully saturated rings. The molecule has 1 heterocycles. The monoisotopic (exact) mass is 454 g/mol. The zero-order valence-electron chi connectivity index (χ0n) is 14.9. The second kappa shape index (κ2) is 12.9. The van der Waals surface area contributed by atoms with Gasteiger partial charge in [0.05, 0.1) is 12.2 Å². The molecule has 1 aromatic heterocycles. The Bertz CT molecular complexity index is 449. The molecule has 0 spiro atoms. The van der Waals surface area contributed by atoms with Gasteiger partial charge in [0.2, 0.25) is 0 Å². The number of nitrogens with one attached hydrogen (secondary N) is 2. The Labute approximate surface area is 161 Å². The summed E-state index contributed by atoms with van der Waals surface area (Å²) in [6, 6.07) is 0. The van der Waals surface area contributed by atoms with Crippen molar-refractivity contribution < 1.29 is 4.74 Å². The van der Waals surface area contributed by atoms with E-state index in [2.05, 4.69) is 53.7 Å². The van der Waals surface area contributed by atoms with E-state index in [1.54, 1.807) is 18.4 Å². The van der Waals surface area contributed by atoms with Gasteiger partial charge in [-0.2, -0.15) is 0 Å². The number of hydrogen-bond donors (Lipinski definition) is 2. The minimum Gasteiger partial charge on any atom is -0.381 e. The Morgan fingerprint density at radius 3 is 2.61 bits per heavy atom. The zero-order chi connectivity index (χ0) is 16.4. The Hall–Kier alpha value is -0.410. The summed E-state index contributed by atoms with van der Waals surface area (Å²) in [5, 5.41) is 9.80. The summed E-state index contributed by atoms with van der Waals surface area (Å²) >= 11 is 1.69. The van der Waals surface area contributed by atoms with E-state index in [1.807, 2.05) is 0 Å². The molecule has 0 bridgehead atoms. The topological polar surface area (TPSA) is 58.5 Å². The van der Waals surface area contributed by atoms with Crippen molar-refractivity contribution in [2.24, 2.45) is 10.9 Å². The first-order valence-electron chi connectivity index (χ1n) is 7.99. The molecule has 1 aromatic rings. The lowest BCUT2D eigenvalue weighted by Gasteiger charge is -2.11. The van der Waals surface area contributed by atoms with Crippen LogP contribution >= 0.6 is 35.3 Å². The van der Waals surface area contributed by atoms with E-state index in [9.17, 15) is 0 Å². The smallest absolute Gasteiger partial charge is 0.191 e. The maximum Gasteiger partial charge on any atom is 0.191 e. The van der Waals surface area contributed by atoms with E-state index < -0.39 is 0 Å². The van der Waals surface area contributed by atoms with Gasteiger partial charge in [0.25, 0.3) is 0 Å². The molecule has 2 N–H and O–H groups in total. The molecule has 0 radical (unpaired) electrons. The third-order valence-electron chi connectivity index (χ3n) is 3.00. The number of rotatable bonds is 9. The Morgan fingerprint density at radius 1 is 1.30 bits per heavy atom. The van der Waals surface area contributed by atoms with E-state index in [-0.39, 0.29) is 24.0 Å². The number of hydrogen-bond acceptors (Lipinski definition) is 4. The Kier molecular flexibility index (Phi) is 12.7. The molecule has 0 atom stereocenters. The predicted octanol–water partition coefficient (Wildman–Crippen LogP) is 3.61. The average Bonchev–Trinajstić information content (AvgIpc) is 2.94. The van der Waals surface area contributed by atoms with E-state index in [1.165, 1.54) is 0 Å². The van der Waals surface area contributed by atoms with Crippen molar-refractivity contribution in [2.75, 3.05) is 26.8 Å². The predicted molar refractivity (Wildman–Crippen MR) is 110 cm³/mol. The van der Waals surface area contributed by atoms with Crippen LogP contribution in [0.25, 0.3) is 0 Å². The van der Waals surface area contributed by atoms with Crippen molar-refractivity contribution in [2.45, 2.75) is 46.6 Å². The van der Waals surface area contributed by atoms with Crippen LogP contribution in [0.4, 0.5) is 0 Å². The van der Waals surface area contributed by atoms with Crippen LogP contribution in [-0.4, -0.2) is 37.7 Å². The number of aromatic nitrogens is 1. The first-order chi connectivity index (χ1) is 10.5. The zero-order valence-corrected chi connectivity index (χ0v) is 18.0. The van der Waals surface area contributed by atoms with Crippen molar-refractivity contribution in [3.63, 3.8) is 0 Å². The second-order valence-corrected chi connectivity index (χ2v) is 6.94. The van der Waals surface area contributed by atoms with Gasteiger partial charge in [-0.25, -0.2) is 4.98 Å². The summed E-state index contributed by atoms with van der Waals surface area (Å²) in [6.07, 6.45) is 0.974. The molecule has 0 amide bonds. The third-order valence-corrected chi connectivity index (χ3v) is 3.87. The van der Waals surface area contributed by atoms with Crippen molar-refractivity contribution >= 4 is 41.3 Å². The van der Waals surface area contributed by atoms with E-state index >= 15 is 0 Å². The van der Waals surface area contributed by atoms with E-state index in [4.69, 9.17) is 4.74 Å². The number of halogens is 1. The number of thiazole rings is 1. The molecule has 134 valence electrons. The molecule has 23 heavy (non-hydrogen) atoms. The van der Waals surface area contributed by atoms with Gasteiger partial charge in [-0.3, -0.25) is 4.99 Å². The van der Waals surface area contributed by atoms with Gasteiger partial charge < -0.3 is 15.4 Å². The highest BCUT2D eigenvalue weighted by molar-refractivity contribution is 14.0. The SMILES string of the molecule is CN=C(NCCCOCC(C)C)NCc1nc(C(C)C)cs1.I. The van der Waals surface area contributed by atoms with Crippen LogP contribution in [0, 0.1) is 5.92 Å². The lowest BCUT2D eigenvalue weighted by Crippen LogP contribution is -2.37. The molecule has 0 unspecified atom stereocenters. The third kappa shape index (κ3) is 10.1. The van der Waals surface area contributed by atoms with Gasteiger partial charge >= 0.3 is 0 Å². The first kappa shape index (κ1) is 22.6.